The molecule has 0 spiro atoms. The molecule has 0 fully saturated rings. The van der Waals surface area contributed by atoms with Crippen molar-refractivity contribution in [1.82, 2.24) is 10.2 Å². The van der Waals surface area contributed by atoms with Crippen LogP contribution in [0.2, 0.25) is 5.02 Å². The summed E-state index contributed by atoms with van der Waals surface area (Å²) in [6.45, 7) is 9.85. The molecule has 0 amide bonds. The summed E-state index contributed by atoms with van der Waals surface area (Å²) >= 11 is 6.04. The Morgan fingerprint density at radius 1 is 1.33 bits per heavy atom. The molecule has 0 aliphatic rings. The number of halogens is 1. The maximum absolute atomic E-state index is 6.04. The normalized spacial score (nSPS) is 14.8. The van der Waals surface area contributed by atoms with Gasteiger partial charge < -0.3 is 5.32 Å². The van der Waals surface area contributed by atoms with Gasteiger partial charge in [0.2, 0.25) is 0 Å². The van der Waals surface area contributed by atoms with Crippen LogP contribution >= 0.6 is 11.6 Å². The standard InChI is InChI=1S/C15H25ClN2/c1-5-17-10-12(2)11-18(4)13(3)14-7-6-8-15(16)9-14/h6-9,12-13,17H,5,10-11H2,1-4H3. The van der Waals surface area contributed by atoms with Crippen LogP contribution in [-0.2, 0) is 0 Å². The first-order valence-electron chi connectivity index (χ1n) is 6.71. The van der Waals surface area contributed by atoms with E-state index >= 15 is 0 Å². The fraction of sp³-hybridized carbons (Fsp3) is 0.600. The number of hydrogen-bond donors (Lipinski definition) is 1. The molecular weight excluding hydrogens is 244 g/mol. The molecule has 3 heteroatoms. The van der Waals surface area contributed by atoms with Crippen molar-refractivity contribution in [3.8, 4) is 0 Å². The molecule has 102 valence electrons. The Hall–Kier alpha value is -0.570. The number of benzene rings is 1. The lowest BCUT2D eigenvalue weighted by atomic mass is 10.1. The fourth-order valence-corrected chi connectivity index (χ4v) is 2.32. The number of hydrogen-bond acceptors (Lipinski definition) is 2. The molecule has 0 radical (unpaired) electrons. The summed E-state index contributed by atoms with van der Waals surface area (Å²) in [7, 11) is 2.17. The minimum absolute atomic E-state index is 0.396. The average Bonchev–Trinajstić information content (AvgIpc) is 2.35. The van der Waals surface area contributed by atoms with E-state index in [1.165, 1.54) is 5.56 Å². The number of nitrogens with one attached hydrogen (secondary N) is 1. The van der Waals surface area contributed by atoms with Crippen LogP contribution in [0.4, 0.5) is 0 Å². The van der Waals surface area contributed by atoms with Crippen LogP contribution < -0.4 is 5.32 Å². The van der Waals surface area contributed by atoms with Crippen LogP contribution in [0.5, 0.6) is 0 Å². The van der Waals surface area contributed by atoms with E-state index in [1.807, 2.05) is 12.1 Å². The molecule has 2 nitrogen and oxygen atoms in total. The Balaban J connectivity index is 2.53. The van der Waals surface area contributed by atoms with Crippen LogP contribution in [0.1, 0.15) is 32.4 Å². The maximum atomic E-state index is 6.04. The summed E-state index contributed by atoms with van der Waals surface area (Å²) in [6.07, 6.45) is 0. The summed E-state index contributed by atoms with van der Waals surface area (Å²) < 4.78 is 0. The fourth-order valence-electron chi connectivity index (χ4n) is 2.13. The minimum atomic E-state index is 0.396. The van der Waals surface area contributed by atoms with E-state index in [1.54, 1.807) is 0 Å². The van der Waals surface area contributed by atoms with Gasteiger partial charge in [-0.05, 0) is 50.7 Å². The lowest BCUT2D eigenvalue weighted by Gasteiger charge is -2.28. The summed E-state index contributed by atoms with van der Waals surface area (Å²) in [4.78, 5) is 2.38. The molecule has 0 aromatic heterocycles. The number of rotatable bonds is 7. The van der Waals surface area contributed by atoms with E-state index in [0.717, 1.165) is 24.7 Å². The molecule has 2 unspecified atom stereocenters. The third-order valence-corrected chi connectivity index (χ3v) is 3.57. The van der Waals surface area contributed by atoms with Crippen LogP contribution in [0, 0.1) is 5.92 Å². The van der Waals surface area contributed by atoms with Crippen molar-refractivity contribution in [2.45, 2.75) is 26.8 Å². The summed E-state index contributed by atoms with van der Waals surface area (Å²) in [5, 5.41) is 4.21. The van der Waals surface area contributed by atoms with Crippen LogP contribution in [0.25, 0.3) is 0 Å². The van der Waals surface area contributed by atoms with Crippen molar-refractivity contribution in [1.29, 1.82) is 0 Å². The van der Waals surface area contributed by atoms with E-state index in [0.29, 0.717) is 12.0 Å². The Kier molecular flexibility index (Phi) is 6.69. The summed E-state index contributed by atoms with van der Waals surface area (Å²) in [5.41, 5.74) is 1.28. The molecule has 0 bridgehead atoms. The molecule has 0 saturated heterocycles. The van der Waals surface area contributed by atoms with Gasteiger partial charge in [-0.2, -0.15) is 0 Å². The SMILES string of the molecule is CCNCC(C)CN(C)C(C)c1cccc(Cl)c1. The molecule has 0 aliphatic carbocycles. The quantitative estimate of drug-likeness (QED) is 0.813. The third-order valence-electron chi connectivity index (χ3n) is 3.33. The highest BCUT2D eigenvalue weighted by molar-refractivity contribution is 6.30. The van der Waals surface area contributed by atoms with Gasteiger partial charge in [-0.25, -0.2) is 0 Å². The highest BCUT2D eigenvalue weighted by atomic mass is 35.5. The maximum Gasteiger partial charge on any atom is 0.0409 e. The second-order valence-electron chi connectivity index (χ2n) is 5.08. The molecule has 0 aliphatic heterocycles. The molecule has 18 heavy (non-hydrogen) atoms. The van der Waals surface area contributed by atoms with Crippen molar-refractivity contribution >= 4 is 11.6 Å². The van der Waals surface area contributed by atoms with Crippen molar-refractivity contribution in [3.05, 3.63) is 34.9 Å². The first-order chi connectivity index (χ1) is 8.54. The Labute approximate surface area is 116 Å². The lowest BCUT2D eigenvalue weighted by Crippen LogP contribution is -2.32. The predicted octanol–water partition coefficient (Wildman–Crippen LogP) is 3.58. The number of nitrogens with zero attached hydrogens (tertiary/aromatic N) is 1. The van der Waals surface area contributed by atoms with Gasteiger partial charge in [-0.1, -0.05) is 37.6 Å². The van der Waals surface area contributed by atoms with Gasteiger partial charge in [0.25, 0.3) is 0 Å². The predicted molar refractivity (Wildman–Crippen MR) is 80.2 cm³/mol. The van der Waals surface area contributed by atoms with E-state index in [9.17, 15) is 0 Å². The first-order valence-corrected chi connectivity index (χ1v) is 7.08. The van der Waals surface area contributed by atoms with Crippen molar-refractivity contribution in [2.24, 2.45) is 5.92 Å². The van der Waals surface area contributed by atoms with Gasteiger partial charge in [0.1, 0.15) is 0 Å². The molecule has 0 saturated carbocycles. The van der Waals surface area contributed by atoms with Gasteiger partial charge in [0.15, 0.2) is 0 Å². The molecule has 0 heterocycles. The van der Waals surface area contributed by atoms with Crippen molar-refractivity contribution < 1.29 is 0 Å². The van der Waals surface area contributed by atoms with E-state index in [2.05, 4.69) is 50.2 Å². The monoisotopic (exact) mass is 268 g/mol. The average molecular weight is 269 g/mol. The lowest BCUT2D eigenvalue weighted by molar-refractivity contribution is 0.224. The van der Waals surface area contributed by atoms with Gasteiger partial charge in [-0.15, -0.1) is 0 Å². The highest BCUT2D eigenvalue weighted by Crippen LogP contribution is 2.22. The molecule has 1 aromatic rings. The Morgan fingerprint density at radius 3 is 2.67 bits per heavy atom. The van der Waals surface area contributed by atoms with Gasteiger partial charge in [0.05, 0.1) is 0 Å². The second kappa shape index (κ2) is 7.78. The van der Waals surface area contributed by atoms with Crippen LogP contribution in [0.15, 0.2) is 24.3 Å². The van der Waals surface area contributed by atoms with E-state index in [-0.39, 0.29) is 0 Å². The van der Waals surface area contributed by atoms with Gasteiger partial charge in [0, 0.05) is 17.6 Å². The molecular formula is C15H25ClN2. The third kappa shape index (κ3) is 4.97. The van der Waals surface area contributed by atoms with E-state index < -0.39 is 0 Å². The van der Waals surface area contributed by atoms with Crippen LogP contribution in [-0.4, -0.2) is 31.6 Å². The highest BCUT2D eigenvalue weighted by Gasteiger charge is 2.14. The first kappa shape index (κ1) is 15.5. The zero-order valence-corrected chi connectivity index (χ0v) is 12.7. The molecule has 1 N–H and O–H groups in total. The summed E-state index contributed by atoms with van der Waals surface area (Å²) in [5.74, 6) is 0.650. The zero-order chi connectivity index (χ0) is 13.5. The largest absolute Gasteiger partial charge is 0.317 e. The van der Waals surface area contributed by atoms with E-state index in [4.69, 9.17) is 11.6 Å². The van der Waals surface area contributed by atoms with Gasteiger partial charge >= 0.3 is 0 Å². The second-order valence-corrected chi connectivity index (χ2v) is 5.52. The zero-order valence-electron chi connectivity index (χ0n) is 11.9. The van der Waals surface area contributed by atoms with Crippen LogP contribution in [0.3, 0.4) is 0 Å². The van der Waals surface area contributed by atoms with Gasteiger partial charge in [-0.3, -0.25) is 4.90 Å². The smallest absolute Gasteiger partial charge is 0.0409 e. The molecule has 2 atom stereocenters. The summed E-state index contributed by atoms with van der Waals surface area (Å²) in [6, 6.07) is 8.53. The van der Waals surface area contributed by atoms with Crippen molar-refractivity contribution in [3.63, 3.8) is 0 Å². The Morgan fingerprint density at radius 2 is 2.06 bits per heavy atom. The molecule has 1 rings (SSSR count). The molecule has 1 aromatic carbocycles. The van der Waals surface area contributed by atoms with Crippen molar-refractivity contribution in [2.75, 3.05) is 26.7 Å². The topological polar surface area (TPSA) is 15.3 Å². The Bertz CT molecular complexity index is 354. The minimum Gasteiger partial charge on any atom is -0.317 e.